The Morgan fingerprint density at radius 3 is 2.41 bits per heavy atom. The third kappa shape index (κ3) is 2.93. The maximum Gasteiger partial charge on any atom is 0.362 e. The van der Waals surface area contributed by atoms with Gasteiger partial charge in [-0.3, -0.25) is 0 Å². The molecule has 1 aliphatic heterocycles. The molecule has 2 saturated carbocycles. The van der Waals surface area contributed by atoms with Gasteiger partial charge >= 0.3 is 5.97 Å². The molecule has 1 heterocycles. The fourth-order valence-electron chi connectivity index (χ4n) is 4.76. The lowest BCUT2D eigenvalue weighted by Gasteiger charge is -2.40. The first-order valence-corrected chi connectivity index (χ1v) is 8.38. The summed E-state index contributed by atoms with van der Waals surface area (Å²) in [6.07, 6.45) is 3.67. The highest BCUT2D eigenvalue weighted by Crippen LogP contribution is 2.66. The molecular formula is C17H30INO3. The van der Waals surface area contributed by atoms with Crippen LogP contribution >= 0.6 is 0 Å². The van der Waals surface area contributed by atoms with Gasteiger partial charge in [0, 0.05) is 5.41 Å². The van der Waals surface area contributed by atoms with Gasteiger partial charge in [0.2, 0.25) is 0 Å². The van der Waals surface area contributed by atoms with Crippen molar-refractivity contribution in [2.45, 2.75) is 46.1 Å². The second kappa shape index (κ2) is 6.20. The van der Waals surface area contributed by atoms with Crippen LogP contribution in [-0.4, -0.2) is 56.5 Å². The van der Waals surface area contributed by atoms with Crippen LogP contribution in [0.3, 0.4) is 0 Å². The number of halogens is 1. The predicted octanol–water partition coefficient (Wildman–Crippen LogP) is -0.775. The van der Waals surface area contributed by atoms with Crippen molar-refractivity contribution in [1.82, 2.24) is 0 Å². The number of morpholine rings is 1. The van der Waals surface area contributed by atoms with E-state index in [0.717, 1.165) is 37.2 Å². The quantitative estimate of drug-likeness (QED) is 0.340. The molecule has 0 aromatic carbocycles. The van der Waals surface area contributed by atoms with E-state index in [9.17, 15) is 4.79 Å². The van der Waals surface area contributed by atoms with Crippen LogP contribution in [0.15, 0.2) is 0 Å². The normalized spacial score (nSPS) is 38.4. The maximum atomic E-state index is 12.4. The van der Waals surface area contributed by atoms with Gasteiger partial charge < -0.3 is 37.9 Å². The maximum absolute atomic E-state index is 12.4. The minimum Gasteiger partial charge on any atom is -1.00 e. The third-order valence-corrected chi connectivity index (χ3v) is 7.05. The number of carbonyl (C=O) groups excluding carboxylic acids is 1. The molecule has 1 saturated heterocycles. The van der Waals surface area contributed by atoms with E-state index in [1.807, 2.05) is 0 Å². The van der Waals surface area contributed by atoms with Gasteiger partial charge in [-0.2, -0.15) is 0 Å². The zero-order chi connectivity index (χ0) is 15.3. The zero-order valence-electron chi connectivity index (χ0n) is 14.4. The van der Waals surface area contributed by atoms with E-state index >= 15 is 0 Å². The van der Waals surface area contributed by atoms with Crippen molar-refractivity contribution in [3.63, 3.8) is 0 Å². The van der Waals surface area contributed by atoms with Gasteiger partial charge in [0.25, 0.3) is 0 Å². The number of ether oxygens (including phenoxy) is 2. The van der Waals surface area contributed by atoms with Crippen LogP contribution in [0, 0.1) is 16.7 Å². The molecule has 22 heavy (non-hydrogen) atoms. The molecule has 3 unspecified atom stereocenters. The van der Waals surface area contributed by atoms with E-state index in [-0.39, 0.29) is 41.5 Å². The van der Waals surface area contributed by atoms with E-state index in [2.05, 4.69) is 27.8 Å². The van der Waals surface area contributed by atoms with Crippen molar-refractivity contribution in [3.8, 4) is 0 Å². The van der Waals surface area contributed by atoms with Gasteiger partial charge in [-0.1, -0.05) is 20.8 Å². The average molecular weight is 423 g/mol. The van der Waals surface area contributed by atoms with E-state index < -0.39 is 0 Å². The lowest BCUT2D eigenvalue weighted by molar-refractivity contribution is -0.910. The van der Waals surface area contributed by atoms with Gasteiger partial charge in [-0.15, -0.1) is 0 Å². The van der Waals surface area contributed by atoms with Crippen LogP contribution in [0.2, 0.25) is 0 Å². The standard InChI is InChI=1S/C17H30NO3.HI/c1-16(2)13-5-6-17(16,3)14(11-13)21-15(19)12-18(4)7-9-20-10-8-18;/h13-14H,5-12H2,1-4H3;1H/q+1;/p-1. The Bertz CT molecular complexity index is 434. The summed E-state index contributed by atoms with van der Waals surface area (Å²) >= 11 is 0. The van der Waals surface area contributed by atoms with Crippen molar-refractivity contribution in [3.05, 3.63) is 0 Å². The first-order chi connectivity index (χ1) is 9.77. The molecule has 3 atom stereocenters. The smallest absolute Gasteiger partial charge is 0.362 e. The number of quaternary nitrogens is 1. The number of carbonyl (C=O) groups is 1. The summed E-state index contributed by atoms with van der Waals surface area (Å²) in [5.74, 6) is 0.697. The number of esters is 1. The van der Waals surface area contributed by atoms with Crippen molar-refractivity contribution in [2.24, 2.45) is 16.7 Å². The summed E-state index contributed by atoms with van der Waals surface area (Å²) in [5, 5.41) is 0. The van der Waals surface area contributed by atoms with Crippen LogP contribution in [-0.2, 0) is 14.3 Å². The van der Waals surface area contributed by atoms with Crippen molar-refractivity contribution >= 4 is 5.97 Å². The SMILES string of the molecule is CC1(C)C2CCC1(C)C(OC(=O)C[N+]1(C)CCOCC1)C2.[I-]. The minimum atomic E-state index is -0.0195. The Balaban J connectivity index is 0.00000176. The van der Waals surface area contributed by atoms with Crippen molar-refractivity contribution < 1.29 is 42.7 Å². The molecule has 0 radical (unpaired) electrons. The number of hydrogen-bond donors (Lipinski definition) is 0. The molecule has 2 bridgehead atoms. The lowest BCUT2D eigenvalue weighted by atomic mass is 9.70. The van der Waals surface area contributed by atoms with Crippen LogP contribution in [0.4, 0.5) is 0 Å². The molecule has 0 amide bonds. The van der Waals surface area contributed by atoms with Crippen molar-refractivity contribution in [1.29, 1.82) is 0 Å². The molecular weight excluding hydrogens is 393 g/mol. The van der Waals surface area contributed by atoms with E-state index in [4.69, 9.17) is 9.47 Å². The van der Waals surface area contributed by atoms with Gasteiger partial charge in [0.1, 0.15) is 19.2 Å². The Morgan fingerprint density at radius 2 is 1.91 bits per heavy atom. The molecule has 128 valence electrons. The summed E-state index contributed by atoms with van der Waals surface area (Å²) in [7, 11) is 2.14. The van der Waals surface area contributed by atoms with Gasteiger partial charge in [0.15, 0.2) is 6.54 Å². The van der Waals surface area contributed by atoms with Crippen LogP contribution < -0.4 is 24.0 Å². The fourth-order valence-corrected chi connectivity index (χ4v) is 4.76. The summed E-state index contributed by atoms with van der Waals surface area (Å²) in [6.45, 7) is 10.8. The monoisotopic (exact) mass is 423 g/mol. The highest BCUT2D eigenvalue weighted by molar-refractivity contribution is 5.71. The first kappa shape index (κ1) is 18.5. The van der Waals surface area contributed by atoms with Crippen LogP contribution in [0.25, 0.3) is 0 Å². The number of rotatable bonds is 3. The summed E-state index contributed by atoms with van der Waals surface area (Å²) in [5.41, 5.74) is 0.465. The number of hydrogen-bond acceptors (Lipinski definition) is 3. The number of nitrogens with zero attached hydrogens (tertiary/aromatic N) is 1. The fraction of sp³-hybridized carbons (Fsp3) is 0.941. The van der Waals surface area contributed by atoms with Gasteiger partial charge in [-0.25, -0.2) is 4.79 Å². The zero-order valence-corrected chi connectivity index (χ0v) is 16.5. The second-order valence-electron chi connectivity index (χ2n) is 8.43. The average Bonchev–Trinajstić information content (AvgIpc) is 2.72. The van der Waals surface area contributed by atoms with Gasteiger partial charge in [-0.05, 0) is 30.6 Å². The Morgan fingerprint density at radius 1 is 1.27 bits per heavy atom. The van der Waals surface area contributed by atoms with E-state index in [0.29, 0.717) is 17.9 Å². The highest BCUT2D eigenvalue weighted by Gasteiger charge is 2.63. The lowest BCUT2D eigenvalue weighted by Crippen LogP contribution is -3.00. The molecule has 4 nitrogen and oxygen atoms in total. The minimum absolute atomic E-state index is 0. The first-order valence-electron chi connectivity index (χ1n) is 8.38. The Labute approximate surface area is 151 Å². The molecule has 2 aliphatic carbocycles. The predicted molar refractivity (Wildman–Crippen MR) is 80.7 cm³/mol. The molecule has 3 rings (SSSR count). The largest absolute Gasteiger partial charge is 1.00 e. The molecule has 3 aliphatic rings. The van der Waals surface area contributed by atoms with Crippen molar-refractivity contribution in [2.75, 3.05) is 39.9 Å². The summed E-state index contributed by atoms with van der Waals surface area (Å²) < 4.78 is 12.1. The molecule has 3 fully saturated rings. The highest BCUT2D eigenvalue weighted by atomic mass is 127. The molecule has 5 heteroatoms. The van der Waals surface area contributed by atoms with Crippen LogP contribution in [0.5, 0.6) is 0 Å². The summed E-state index contributed by atoms with van der Waals surface area (Å²) in [6, 6.07) is 0. The van der Waals surface area contributed by atoms with Gasteiger partial charge in [0.05, 0.1) is 20.3 Å². The second-order valence-corrected chi connectivity index (χ2v) is 8.43. The number of fused-ring (bicyclic) bond motifs is 2. The number of likely N-dealkylation sites (N-methyl/N-ethyl adjacent to an activating group) is 1. The third-order valence-electron chi connectivity index (χ3n) is 7.05. The van der Waals surface area contributed by atoms with Crippen LogP contribution in [0.1, 0.15) is 40.0 Å². The molecule has 0 spiro atoms. The molecule has 0 aromatic heterocycles. The Kier molecular flexibility index (Phi) is 5.21. The topological polar surface area (TPSA) is 35.5 Å². The summed E-state index contributed by atoms with van der Waals surface area (Å²) in [4.78, 5) is 12.4. The van der Waals surface area contributed by atoms with E-state index in [1.165, 1.54) is 12.8 Å². The van der Waals surface area contributed by atoms with E-state index in [1.54, 1.807) is 0 Å². The Hall–Kier alpha value is 0.120. The molecule has 0 N–H and O–H groups in total. The molecule has 0 aromatic rings.